The minimum Gasteiger partial charge on any atom is -0.491 e. The lowest BCUT2D eigenvalue weighted by molar-refractivity contribution is -0.121. The summed E-state index contributed by atoms with van der Waals surface area (Å²) < 4.78 is 5.58. The zero-order chi connectivity index (χ0) is 16.9. The highest BCUT2D eigenvalue weighted by atomic mass is 16.5. The second-order valence-electron chi connectivity index (χ2n) is 5.64. The molecule has 3 rings (SSSR count). The van der Waals surface area contributed by atoms with E-state index in [4.69, 9.17) is 4.74 Å². The fraction of sp³-hybridized carbons (Fsp3) is 0.263. The van der Waals surface area contributed by atoms with Crippen molar-refractivity contribution in [1.82, 2.24) is 0 Å². The highest BCUT2D eigenvalue weighted by Crippen LogP contribution is 2.30. The molecule has 0 saturated carbocycles. The quantitative estimate of drug-likeness (QED) is 0.940. The lowest BCUT2D eigenvalue weighted by Crippen LogP contribution is -2.37. The molecular weight excluding hydrogens is 304 g/mol. The number of benzene rings is 2. The second-order valence-corrected chi connectivity index (χ2v) is 5.64. The number of carbonyl (C=O) groups excluding carboxylic acids is 2. The van der Waals surface area contributed by atoms with Crippen molar-refractivity contribution in [1.29, 1.82) is 0 Å². The van der Waals surface area contributed by atoms with Crippen molar-refractivity contribution in [3.63, 3.8) is 0 Å². The van der Waals surface area contributed by atoms with Crippen LogP contribution < -0.4 is 15.0 Å². The number of amides is 2. The van der Waals surface area contributed by atoms with Crippen molar-refractivity contribution in [2.45, 2.75) is 19.8 Å². The smallest absolute Gasteiger partial charge is 0.244 e. The highest BCUT2D eigenvalue weighted by molar-refractivity contribution is 6.03. The van der Waals surface area contributed by atoms with E-state index in [0.717, 1.165) is 12.1 Å². The summed E-state index contributed by atoms with van der Waals surface area (Å²) >= 11 is 0. The summed E-state index contributed by atoms with van der Waals surface area (Å²) in [6.07, 6.45) is 1.21. The molecule has 0 unspecified atom stereocenters. The molecule has 0 aromatic heterocycles. The van der Waals surface area contributed by atoms with Crippen LogP contribution in [-0.2, 0) is 16.0 Å². The van der Waals surface area contributed by atoms with E-state index in [2.05, 4.69) is 12.2 Å². The van der Waals surface area contributed by atoms with Gasteiger partial charge in [0.15, 0.2) is 0 Å². The second kappa shape index (κ2) is 7.17. The van der Waals surface area contributed by atoms with Gasteiger partial charge in [0.05, 0.1) is 18.7 Å². The number of carbonyl (C=O) groups is 2. The van der Waals surface area contributed by atoms with E-state index >= 15 is 0 Å². The summed E-state index contributed by atoms with van der Waals surface area (Å²) in [4.78, 5) is 26.2. The van der Waals surface area contributed by atoms with Crippen LogP contribution in [-0.4, -0.2) is 25.0 Å². The van der Waals surface area contributed by atoms with Gasteiger partial charge < -0.3 is 10.1 Å². The Balaban J connectivity index is 1.73. The molecule has 0 atom stereocenters. The number of ether oxygens (including phenoxy) is 1. The highest BCUT2D eigenvalue weighted by Gasteiger charge is 2.24. The maximum Gasteiger partial charge on any atom is 0.244 e. The minimum atomic E-state index is -0.232. The number of anilines is 2. The number of hydrogen-bond donors (Lipinski definition) is 1. The Labute approximate surface area is 141 Å². The van der Waals surface area contributed by atoms with Crippen LogP contribution >= 0.6 is 0 Å². The molecule has 0 aliphatic carbocycles. The fourth-order valence-corrected chi connectivity index (χ4v) is 2.66. The summed E-state index contributed by atoms with van der Waals surface area (Å²) in [7, 11) is 0. The molecule has 2 aromatic rings. The monoisotopic (exact) mass is 324 g/mol. The number of fused-ring (bicyclic) bond motifs is 1. The standard InChI is InChI=1S/C19H20N2O3/c1-2-14-7-9-15(10-8-14)20-18(22)13-21-16-5-3-4-6-17(16)24-12-11-19(21)23/h3-10H,2,11-13H2,1H3,(H,20,22). The molecule has 0 fully saturated rings. The molecule has 1 heterocycles. The van der Waals surface area contributed by atoms with Gasteiger partial charge >= 0.3 is 0 Å². The van der Waals surface area contributed by atoms with Crippen molar-refractivity contribution in [3.8, 4) is 5.75 Å². The topological polar surface area (TPSA) is 58.6 Å². The van der Waals surface area contributed by atoms with Gasteiger partial charge in [-0.25, -0.2) is 0 Å². The third-order valence-corrected chi connectivity index (χ3v) is 3.98. The first-order valence-corrected chi connectivity index (χ1v) is 8.08. The summed E-state index contributed by atoms with van der Waals surface area (Å²) in [5, 5.41) is 2.84. The van der Waals surface area contributed by atoms with E-state index < -0.39 is 0 Å². The van der Waals surface area contributed by atoms with Crippen LogP contribution in [0.3, 0.4) is 0 Å². The van der Waals surface area contributed by atoms with E-state index in [1.807, 2.05) is 42.5 Å². The van der Waals surface area contributed by atoms with Crippen molar-refractivity contribution < 1.29 is 14.3 Å². The molecule has 2 amide bonds. The lowest BCUT2D eigenvalue weighted by Gasteiger charge is -2.21. The summed E-state index contributed by atoms with van der Waals surface area (Å²) in [6.45, 7) is 2.37. The van der Waals surface area contributed by atoms with Crippen LogP contribution in [0.2, 0.25) is 0 Å². The molecule has 2 aromatic carbocycles. The predicted octanol–water partition coefficient (Wildman–Crippen LogP) is 3.00. The molecule has 0 spiro atoms. The minimum absolute atomic E-state index is 0.0330. The fourth-order valence-electron chi connectivity index (χ4n) is 2.66. The molecule has 124 valence electrons. The average molecular weight is 324 g/mol. The summed E-state index contributed by atoms with van der Waals surface area (Å²) in [6, 6.07) is 15.0. The largest absolute Gasteiger partial charge is 0.491 e. The van der Waals surface area contributed by atoms with Gasteiger partial charge in [-0.15, -0.1) is 0 Å². The number of rotatable bonds is 4. The van der Waals surface area contributed by atoms with Crippen molar-refractivity contribution in [2.75, 3.05) is 23.4 Å². The maximum absolute atomic E-state index is 12.4. The number of aryl methyl sites for hydroxylation is 1. The first-order chi connectivity index (χ1) is 11.7. The number of para-hydroxylation sites is 2. The van der Waals surface area contributed by atoms with Crippen LogP contribution in [0.5, 0.6) is 5.75 Å². The molecule has 1 aliphatic heterocycles. The Morgan fingerprint density at radius 3 is 2.67 bits per heavy atom. The molecule has 1 N–H and O–H groups in total. The lowest BCUT2D eigenvalue weighted by atomic mass is 10.1. The molecule has 1 aliphatic rings. The molecule has 0 saturated heterocycles. The molecule has 0 radical (unpaired) electrons. The van der Waals surface area contributed by atoms with Gasteiger partial charge in [-0.2, -0.15) is 0 Å². The van der Waals surface area contributed by atoms with Gasteiger partial charge in [0.2, 0.25) is 11.8 Å². The molecule has 5 nitrogen and oxygen atoms in total. The Morgan fingerprint density at radius 1 is 1.17 bits per heavy atom. The number of nitrogens with one attached hydrogen (secondary N) is 1. The SMILES string of the molecule is CCc1ccc(NC(=O)CN2C(=O)CCOc3ccccc32)cc1. The van der Waals surface area contributed by atoms with Crippen LogP contribution in [0.4, 0.5) is 11.4 Å². The van der Waals surface area contributed by atoms with Crippen LogP contribution in [0, 0.1) is 0 Å². The van der Waals surface area contributed by atoms with Gasteiger partial charge in [0.1, 0.15) is 12.3 Å². The van der Waals surface area contributed by atoms with Crippen LogP contribution in [0.15, 0.2) is 48.5 Å². The summed E-state index contributed by atoms with van der Waals surface area (Å²) in [5.41, 5.74) is 2.57. The Kier molecular flexibility index (Phi) is 4.79. The van der Waals surface area contributed by atoms with Gasteiger partial charge in [-0.05, 0) is 36.2 Å². The third-order valence-electron chi connectivity index (χ3n) is 3.98. The predicted molar refractivity (Wildman–Crippen MR) is 93.4 cm³/mol. The molecule has 0 bridgehead atoms. The Morgan fingerprint density at radius 2 is 1.92 bits per heavy atom. The van der Waals surface area contributed by atoms with E-state index in [1.165, 1.54) is 10.5 Å². The molecule has 5 heteroatoms. The Hall–Kier alpha value is -2.82. The zero-order valence-electron chi connectivity index (χ0n) is 13.6. The average Bonchev–Trinajstić information content (AvgIpc) is 2.75. The van der Waals surface area contributed by atoms with Gasteiger partial charge in [0, 0.05) is 5.69 Å². The number of nitrogens with zero attached hydrogens (tertiary/aromatic N) is 1. The van der Waals surface area contributed by atoms with Crippen molar-refractivity contribution in [3.05, 3.63) is 54.1 Å². The van der Waals surface area contributed by atoms with Crippen molar-refractivity contribution in [2.24, 2.45) is 0 Å². The van der Waals surface area contributed by atoms with Crippen molar-refractivity contribution >= 4 is 23.2 Å². The van der Waals surface area contributed by atoms with Crippen LogP contribution in [0.25, 0.3) is 0 Å². The third kappa shape index (κ3) is 3.56. The van der Waals surface area contributed by atoms with E-state index in [0.29, 0.717) is 18.0 Å². The summed E-state index contributed by atoms with van der Waals surface area (Å²) in [5.74, 6) is 0.282. The first kappa shape index (κ1) is 16.1. The normalized spacial score (nSPS) is 13.7. The zero-order valence-corrected chi connectivity index (χ0v) is 13.6. The Bertz CT molecular complexity index is 741. The maximum atomic E-state index is 12.4. The first-order valence-electron chi connectivity index (χ1n) is 8.08. The van der Waals surface area contributed by atoms with E-state index in [1.54, 1.807) is 6.07 Å². The van der Waals surface area contributed by atoms with Gasteiger partial charge in [-0.1, -0.05) is 31.2 Å². The van der Waals surface area contributed by atoms with Gasteiger partial charge in [-0.3, -0.25) is 14.5 Å². The van der Waals surface area contributed by atoms with Crippen LogP contribution in [0.1, 0.15) is 18.9 Å². The van der Waals surface area contributed by atoms with E-state index in [-0.39, 0.29) is 24.8 Å². The van der Waals surface area contributed by atoms with E-state index in [9.17, 15) is 9.59 Å². The number of hydrogen-bond acceptors (Lipinski definition) is 3. The molecular formula is C19H20N2O3. The molecule has 24 heavy (non-hydrogen) atoms. The van der Waals surface area contributed by atoms with Gasteiger partial charge in [0.25, 0.3) is 0 Å².